The first-order valence-electron chi connectivity index (χ1n) is 6.62. The van der Waals surface area contributed by atoms with Crippen LogP contribution in [0, 0.1) is 0 Å². The molecule has 0 unspecified atom stereocenters. The Balaban J connectivity index is 1.96. The molecule has 3 aromatic rings. The third-order valence-electron chi connectivity index (χ3n) is 3.30. The lowest BCUT2D eigenvalue weighted by Crippen LogP contribution is -1.93. The second-order valence-corrected chi connectivity index (χ2v) is 5.11. The number of nitrogens with one attached hydrogen (secondary N) is 1. The molecule has 2 aromatic carbocycles. The highest BCUT2D eigenvalue weighted by Gasteiger charge is 2.08. The molecule has 0 saturated carbocycles. The maximum atomic E-state index is 4.55. The van der Waals surface area contributed by atoms with Crippen LogP contribution in [0.2, 0.25) is 0 Å². The molecule has 0 amide bonds. The molecule has 0 saturated heterocycles. The van der Waals surface area contributed by atoms with Crippen LogP contribution in [0.25, 0.3) is 10.8 Å². The molecule has 96 valence electrons. The molecule has 1 N–H and O–H groups in total. The van der Waals surface area contributed by atoms with E-state index >= 15 is 0 Å². The topological polar surface area (TPSA) is 41.6 Å². The molecule has 1 aromatic heterocycles. The number of benzene rings is 2. The van der Waals surface area contributed by atoms with Crippen molar-refractivity contribution in [3.63, 3.8) is 0 Å². The summed E-state index contributed by atoms with van der Waals surface area (Å²) in [5.74, 6) is 2.17. The first-order chi connectivity index (χ1) is 9.24. The molecule has 0 bridgehead atoms. The van der Waals surface area contributed by atoms with E-state index < -0.39 is 0 Å². The fourth-order valence-corrected chi connectivity index (χ4v) is 2.27. The van der Waals surface area contributed by atoms with Crippen LogP contribution in [-0.2, 0) is 6.42 Å². The Labute approximate surface area is 112 Å². The number of nitrogens with zero attached hydrogens (tertiary/aromatic N) is 2. The second-order valence-electron chi connectivity index (χ2n) is 5.11. The number of H-pyrrole nitrogens is 1. The number of rotatable bonds is 3. The summed E-state index contributed by atoms with van der Waals surface area (Å²) in [6.07, 6.45) is 0.793. The highest BCUT2D eigenvalue weighted by molar-refractivity contribution is 5.85. The van der Waals surface area contributed by atoms with E-state index in [4.69, 9.17) is 0 Å². The molecule has 0 aliphatic rings. The van der Waals surface area contributed by atoms with Crippen molar-refractivity contribution < 1.29 is 0 Å². The zero-order chi connectivity index (χ0) is 13.2. The van der Waals surface area contributed by atoms with Gasteiger partial charge in [0, 0.05) is 12.3 Å². The van der Waals surface area contributed by atoms with Gasteiger partial charge in [-0.15, -0.1) is 0 Å². The first-order valence-corrected chi connectivity index (χ1v) is 6.62. The molecule has 0 fully saturated rings. The maximum absolute atomic E-state index is 4.55. The normalized spacial score (nSPS) is 11.3. The van der Waals surface area contributed by atoms with Crippen molar-refractivity contribution in [2.45, 2.75) is 26.2 Å². The largest absolute Gasteiger partial charge is 0.263 e. The molecule has 19 heavy (non-hydrogen) atoms. The van der Waals surface area contributed by atoms with Gasteiger partial charge in [-0.2, -0.15) is 5.10 Å². The third kappa shape index (κ3) is 2.36. The van der Waals surface area contributed by atoms with Gasteiger partial charge in [-0.05, 0) is 16.3 Å². The van der Waals surface area contributed by atoms with Crippen molar-refractivity contribution in [2.75, 3.05) is 0 Å². The van der Waals surface area contributed by atoms with Crippen molar-refractivity contribution in [3.05, 3.63) is 59.7 Å². The molecule has 3 heteroatoms. The molecular formula is C16H17N3. The van der Waals surface area contributed by atoms with Gasteiger partial charge >= 0.3 is 0 Å². The highest BCUT2D eigenvalue weighted by Crippen LogP contribution is 2.20. The van der Waals surface area contributed by atoms with Crippen LogP contribution in [0.5, 0.6) is 0 Å². The highest BCUT2D eigenvalue weighted by atomic mass is 15.2. The average Bonchev–Trinajstić information content (AvgIpc) is 2.88. The Bertz CT molecular complexity index is 693. The first kappa shape index (κ1) is 11.9. The van der Waals surface area contributed by atoms with Gasteiger partial charge in [0.2, 0.25) is 0 Å². The zero-order valence-electron chi connectivity index (χ0n) is 11.2. The van der Waals surface area contributed by atoms with E-state index in [-0.39, 0.29) is 0 Å². The van der Waals surface area contributed by atoms with Crippen LogP contribution in [0.4, 0.5) is 0 Å². The van der Waals surface area contributed by atoms with E-state index in [1.807, 2.05) is 0 Å². The van der Waals surface area contributed by atoms with Crippen molar-refractivity contribution in [3.8, 4) is 0 Å². The summed E-state index contributed by atoms with van der Waals surface area (Å²) < 4.78 is 0. The summed E-state index contributed by atoms with van der Waals surface area (Å²) in [5, 5.41) is 9.85. The minimum absolute atomic E-state index is 0.359. The number of aromatic amines is 1. The summed E-state index contributed by atoms with van der Waals surface area (Å²) >= 11 is 0. The van der Waals surface area contributed by atoms with E-state index in [1.54, 1.807) is 0 Å². The minimum Gasteiger partial charge on any atom is -0.263 e. The average molecular weight is 251 g/mol. The Morgan fingerprint density at radius 2 is 1.84 bits per heavy atom. The maximum Gasteiger partial charge on any atom is 0.153 e. The molecule has 3 rings (SSSR count). The molecule has 1 heterocycles. The van der Waals surface area contributed by atoms with E-state index in [9.17, 15) is 0 Å². The minimum atomic E-state index is 0.359. The van der Waals surface area contributed by atoms with Crippen LogP contribution in [0.1, 0.15) is 37.0 Å². The summed E-state index contributed by atoms with van der Waals surface area (Å²) in [4.78, 5) is 4.55. The molecule has 0 spiro atoms. The van der Waals surface area contributed by atoms with Gasteiger partial charge in [-0.1, -0.05) is 56.3 Å². The Morgan fingerprint density at radius 1 is 1.05 bits per heavy atom. The molecule has 0 aliphatic carbocycles. The molecule has 0 atom stereocenters. The quantitative estimate of drug-likeness (QED) is 0.771. The van der Waals surface area contributed by atoms with Gasteiger partial charge < -0.3 is 0 Å². The van der Waals surface area contributed by atoms with Crippen molar-refractivity contribution >= 4 is 10.8 Å². The van der Waals surface area contributed by atoms with Crippen molar-refractivity contribution in [1.82, 2.24) is 15.2 Å². The molecule has 0 aliphatic heterocycles. The van der Waals surface area contributed by atoms with Crippen LogP contribution in [0.3, 0.4) is 0 Å². The number of hydrogen-bond acceptors (Lipinski definition) is 2. The third-order valence-corrected chi connectivity index (χ3v) is 3.30. The van der Waals surface area contributed by atoms with Crippen molar-refractivity contribution in [1.29, 1.82) is 0 Å². The zero-order valence-corrected chi connectivity index (χ0v) is 11.2. The Hall–Kier alpha value is -2.16. The van der Waals surface area contributed by atoms with Gasteiger partial charge in [0.15, 0.2) is 5.82 Å². The molecular weight excluding hydrogens is 234 g/mol. The Morgan fingerprint density at radius 3 is 2.63 bits per heavy atom. The van der Waals surface area contributed by atoms with Gasteiger partial charge in [-0.25, -0.2) is 4.98 Å². The lowest BCUT2D eigenvalue weighted by molar-refractivity contribution is 0.780. The van der Waals surface area contributed by atoms with Crippen molar-refractivity contribution in [2.24, 2.45) is 0 Å². The second kappa shape index (κ2) is 4.84. The van der Waals surface area contributed by atoms with Gasteiger partial charge in [0.25, 0.3) is 0 Å². The number of hydrogen-bond donors (Lipinski definition) is 1. The lowest BCUT2D eigenvalue weighted by Gasteiger charge is -2.04. The van der Waals surface area contributed by atoms with Crippen LogP contribution < -0.4 is 0 Å². The van der Waals surface area contributed by atoms with Crippen LogP contribution >= 0.6 is 0 Å². The van der Waals surface area contributed by atoms with Gasteiger partial charge in [0.1, 0.15) is 5.82 Å². The van der Waals surface area contributed by atoms with Gasteiger partial charge in [0.05, 0.1) is 0 Å². The lowest BCUT2D eigenvalue weighted by atomic mass is 10.0. The smallest absolute Gasteiger partial charge is 0.153 e. The van der Waals surface area contributed by atoms with Crippen LogP contribution in [-0.4, -0.2) is 15.2 Å². The standard InChI is InChI=1S/C16H17N3/c1-11(2)16-17-15(18-19-16)10-13-8-5-7-12-6-3-4-9-14(12)13/h3-9,11H,10H2,1-2H3,(H,17,18,19). The summed E-state index contributed by atoms with van der Waals surface area (Å²) in [6, 6.07) is 14.8. The Kier molecular flexibility index (Phi) is 3.03. The van der Waals surface area contributed by atoms with Crippen LogP contribution in [0.15, 0.2) is 42.5 Å². The van der Waals surface area contributed by atoms with E-state index in [2.05, 4.69) is 71.5 Å². The van der Waals surface area contributed by atoms with E-state index in [0.717, 1.165) is 18.1 Å². The fraction of sp³-hybridized carbons (Fsp3) is 0.250. The predicted molar refractivity (Wildman–Crippen MR) is 77.2 cm³/mol. The van der Waals surface area contributed by atoms with Gasteiger partial charge in [-0.3, -0.25) is 5.10 Å². The summed E-state index contributed by atoms with van der Waals surface area (Å²) in [5.41, 5.74) is 1.28. The predicted octanol–water partition coefficient (Wildman–Crippen LogP) is 3.67. The molecule has 3 nitrogen and oxygen atoms in total. The number of aromatic nitrogens is 3. The molecule has 0 radical (unpaired) electrons. The SMILES string of the molecule is CC(C)c1n[nH]c(Cc2cccc3ccccc23)n1. The summed E-state index contributed by atoms with van der Waals surface area (Å²) in [6.45, 7) is 4.20. The summed E-state index contributed by atoms with van der Waals surface area (Å²) in [7, 11) is 0. The number of fused-ring (bicyclic) bond motifs is 1. The monoisotopic (exact) mass is 251 g/mol. The fourth-order valence-electron chi connectivity index (χ4n) is 2.27. The van der Waals surface area contributed by atoms with E-state index in [0.29, 0.717) is 5.92 Å². The van der Waals surface area contributed by atoms with E-state index in [1.165, 1.54) is 16.3 Å².